The summed E-state index contributed by atoms with van der Waals surface area (Å²) in [4.78, 5) is 11.0. The Bertz CT molecular complexity index is 554. The predicted molar refractivity (Wildman–Crippen MR) is 60.7 cm³/mol. The average molecular weight is 218 g/mol. The minimum atomic E-state index is 0.829. The van der Waals surface area contributed by atoms with E-state index >= 15 is 0 Å². The molecule has 0 radical (unpaired) electrons. The molecule has 68 valence electrons. The zero-order valence-electron chi connectivity index (χ0n) is 7.18. The topological polar surface area (TPSA) is 25.8 Å². The summed E-state index contributed by atoms with van der Waals surface area (Å²) in [6, 6.07) is 6.10. The normalized spacial score (nSPS) is 10.9. The van der Waals surface area contributed by atoms with E-state index in [1.54, 1.807) is 22.7 Å². The van der Waals surface area contributed by atoms with Crippen molar-refractivity contribution in [2.24, 2.45) is 0 Å². The summed E-state index contributed by atoms with van der Waals surface area (Å²) in [6.07, 6.45) is 1.88. The second kappa shape index (κ2) is 3.15. The van der Waals surface area contributed by atoms with Crippen molar-refractivity contribution < 1.29 is 0 Å². The van der Waals surface area contributed by atoms with Gasteiger partial charge in [-0.15, -0.1) is 22.7 Å². The lowest BCUT2D eigenvalue weighted by atomic mass is 10.4. The van der Waals surface area contributed by atoms with E-state index in [0.717, 1.165) is 20.9 Å². The van der Waals surface area contributed by atoms with Crippen LogP contribution in [0.5, 0.6) is 0 Å². The molecule has 4 heteroatoms. The molecule has 14 heavy (non-hydrogen) atoms. The van der Waals surface area contributed by atoms with Gasteiger partial charge in [0.15, 0.2) is 5.82 Å². The highest BCUT2D eigenvalue weighted by Gasteiger charge is 2.03. The molecule has 0 aromatic carbocycles. The molecule has 0 unspecified atom stereocenters. The molecule has 0 saturated heterocycles. The summed E-state index contributed by atoms with van der Waals surface area (Å²) < 4.78 is 0. The first kappa shape index (κ1) is 8.08. The molecular weight excluding hydrogens is 212 g/mol. The Morgan fingerprint density at radius 3 is 2.93 bits per heavy atom. The van der Waals surface area contributed by atoms with Gasteiger partial charge in [-0.05, 0) is 22.9 Å². The van der Waals surface area contributed by atoms with Crippen LogP contribution < -0.4 is 0 Å². The molecule has 0 N–H and O–H groups in total. The summed E-state index contributed by atoms with van der Waals surface area (Å²) in [5, 5.41) is 5.20. The smallest absolute Gasteiger partial charge is 0.170 e. The van der Waals surface area contributed by atoms with Gasteiger partial charge in [0.25, 0.3) is 0 Å². The fourth-order valence-electron chi connectivity index (χ4n) is 1.28. The standard InChI is InChI=1S/C10H6N2S2/c1-2-8(13-4-1)9-11-6-7-3-5-14-10(7)12-9/h1-6H. The largest absolute Gasteiger partial charge is 0.235 e. The summed E-state index contributed by atoms with van der Waals surface area (Å²) in [5.41, 5.74) is 0. The molecule has 0 saturated carbocycles. The quantitative estimate of drug-likeness (QED) is 0.625. The molecule has 0 bridgehead atoms. The fraction of sp³-hybridized carbons (Fsp3) is 0. The molecule has 3 heterocycles. The summed E-state index contributed by atoms with van der Waals surface area (Å²) in [7, 11) is 0. The first-order valence-electron chi connectivity index (χ1n) is 4.17. The third kappa shape index (κ3) is 1.23. The second-order valence-electron chi connectivity index (χ2n) is 2.85. The van der Waals surface area contributed by atoms with Crippen LogP contribution in [0.25, 0.3) is 20.9 Å². The molecule has 0 atom stereocenters. The minimum Gasteiger partial charge on any atom is -0.235 e. The van der Waals surface area contributed by atoms with Gasteiger partial charge in [0.2, 0.25) is 0 Å². The molecular formula is C10H6N2S2. The Hall–Kier alpha value is -1.26. The Kier molecular flexibility index (Phi) is 1.82. The van der Waals surface area contributed by atoms with Gasteiger partial charge in [-0.1, -0.05) is 6.07 Å². The zero-order chi connectivity index (χ0) is 9.38. The molecule has 3 aromatic rings. The van der Waals surface area contributed by atoms with Crippen molar-refractivity contribution in [1.82, 2.24) is 9.97 Å². The lowest BCUT2D eigenvalue weighted by Crippen LogP contribution is -1.83. The van der Waals surface area contributed by atoms with Crippen LogP contribution in [0.2, 0.25) is 0 Å². The number of aromatic nitrogens is 2. The van der Waals surface area contributed by atoms with Gasteiger partial charge < -0.3 is 0 Å². The van der Waals surface area contributed by atoms with E-state index in [0.29, 0.717) is 0 Å². The molecule has 0 aliphatic heterocycles. The fourth-order valence-corrected chi connectivity index (χ4v) is 2.68. The van der Waals surface area contributed by atoms with Crippen molar-refractivity contribution in [2.45, 2.75) is 0 Å². The van der Waals surface area contributed by atoms with Crippen LogP contribution in [0, 0.1) is 0 Å². The highest BCUT2D eigenvalue weighted by Crippen LogP contribution is 2.24. The monoisotopic (exact) mass is 218 g/mol. The highest BCUT2D eigenvalue weighted by atomic mass is 32.1. The Morgan fingerprint density at radius 2 is 2.07 bits per heavy atom. The van der Waals surface area contributed by atoms with Gasteiger partial charge >= 0.3 is 0 Å². The van der Waals surface area contributed by atoms with Crippen LogP contribution >= 0.6 is 22.7 Å². The van der Waals surface area contributed by atoms with Gasteiger partial charge in [-0.2, -0.15) is 0 Å². The summed E-state index contributed by atoms with van der Waals surface area (Å²) in [5.74, 6) is 0.829. The average Bonchev–Trinajstić information content (AvgIpc) is 2.88. The van der Waals surface area contributed by atoms with E-state index in [1.807, 2.05) is 35.2 Å². The van der Waals surface area contributed by atoms with Gasteiger partial charge in [-0.3, -0.25) is 0 Å². The summed E-state index contributed by atoms with van der Waals surface area (Å²) >= 11 is 3.32. The van der Waals surface area contributed by atoms with Crippen LogP contribution in [0.4, 0.5) is 0 Å². The van der Waals surface area contributed by atoms with Gasteiger partial charge in [-0.25, -0.2) is 9.97 Å². The van der Waals surface area contributed by atoms with Crippen molar-refractivity contribution in [3.05, 3.63) is 35.2 Å². The second-order valence-corrected chi connectivity index (χ2v) is 4.69. The van der Waals surface area contributed by atoms with Gasteiger partial charge in [0.1, 0.15) is 4.83 Å². The number of fused-ring (bicyclic) bond motifs is 1. The van der Waals surface area contributed by atoms with Gasteiger partial charge in [0.05, 0.1) is 4.88 Å². The highest BCUT2D eigenvalue weighted by molar-refractivity contribution is 7.16. The van der Waals surface area contributed by atoms with E-state index in [2.05, 4.69) is 9.97 Å². The maximum atomic E-state index is 4.50. The summed E-state index contributed by atoms with van der Waals surface area (Å²) in [6.45, 7) is 0. The van der Waals surface area contributed by atoms with Crippen molar-refractivity contribution in [3.63, 3.8) is 0 Å². The molecule has 0 aliphatic rings. The third-order valence-electron chi connectivity index (χ3n) is 1.95. The molecule has 0 aliphatic carbocycles. The zero-order valence-corrected chi connectivity index (χ0v) is 8.81. The van der Waals surface area contributed by atoms with Crippen molar-refractivity contribution in [2.75, 3.05) is 0 Å². The lowest BCUT2D eigenvalue weighted by Gasteiger charge is -1.94. The first-order chi connectivity index (χ1) is 6.93. The number of thiophene rings is 2. The number of rotatable bonds is 1. The molecule has 0 spiro atoms. The van der Waals surface area contributed by atoms with Crippen LogP contribution in [0.3, 0.4) is 0 Å². The number of hydrogen-bond acceptors (Lipinski definition) is 4. The number of hydrogen-bond donors (Lipinski definition) is 0. The van der Waals surface area contributed by atoms with Crippen molar-refractivity contribution in [1.29, 1.82) is 0 Å². The van der Waals surface area contributed by atoms with E-state index < -0.39 is 0 Å². The Labute approximate surface area is 88.9 Å². The van der Waals surface area contributed by atoms with Crippen LogP contribution in [-0.2, 0) is 0 Å². The maximum absolute atomic E-state index is 4.50. The maximum Gasteiger partial charge on any atom is 0.170 e. The molecule has 3 rings (SSSR count). The first-order valence-corrected chi connectivity index (χ1v) is 5.93. The van der Waals surface area contributed by atoms with E-state index in [-0.39, 0.29) is 0 Å². The Balaban J connectivity index is 2.23. The number of nitrogens with zero attached hydrogens (tertiary/aromatic N) is 2. The third-order valence-corrected chi connectivity index (χ3v) is 3.64. The van der Waals surface area contributed by atoms with Crippen LogP contribution in [0.15, 0.2) is 35.2 Å². The van der Waals surface area contributed by atoms with E-state index in [1.165, 1.54) is 0 Å². The van der Waals surface area contributed by atoms with Crippen molar-refractivity contribution >= 4 is 32.9 Å². The van der Waals surface area contributed by atoms with Crippen LogP contribution in [0.1, 0.15) is 0 Å². The molecule has 3 aromatic heterocycles. The minimum absolute atomic E-state index is 0.829. The van der Waals surface area contributed by atoms with E-state index in [9.17, 15) is 0 Å². The van der Waals surface area contributed by atoms with Crippen molar-refractivity contribution in [3.8, 4) is 10.7 Å². The Morgan fingerprint density at radius 1 is 1.07 bits per heavy atom. The SMILES string of the molecule is c1csc(-c2ncc3ccsc3n2)c1. The molecule has 0 amide bonds. The molecule has 2 nitrogen and oxygen atoms in total. The van der Waals surface area contributed by atoms with Crippen LogP contribution in [-0.4, -0.2) is 9.97 Å². The lowest BCUT2D eigenvalue weighted by molar-refractivity contribution is 1.25. The predicted octanol–water partition coefficient (Wildman–Crippen LogP) is 3.42. The van der Waals surface area contributed by atoms with Gasteiger partial charge in [0, 0.05) is 11.6 Å². The van der Waals surface area contributed by atoms with E-state index in [4.69, 9.17) is 0 Å². The molecule has 0 fully saturated rings.